The van der Waals surface area contributed by atoms with Gasteiger partial charge in [0.1, 0.15) is 0 Å². The number of likely N-dealkylation sites (tertiary alicyclic amines) is 2. The minimum absolute atomic E-state index is 0.354. The largest absolute Gasteiger partial charge is 0.297 e. The molecule has 0 aromatic heterocycles. The van der Waals surface area contributed by atoms with Crippen molar-refractivity contribution in [3.05, 3.63) is 0 Å². The zero-order chi connectivity index (χ0) is 11.2. The Kier molecular flexibility index (Phi) is 2.85. The minimum Gasteiger partial charge on any atom is -0.297 e. The van der Waals surface area contributed by atoms with E-state index < -0.39 is 0 Å². The van der Waals surface area contributed by atoms with Crippen molar-refractivity contribution in [3.8, 4) is 0 Å². The van der Waals surface area contributed by atoms with E-state index in [2.05, 4.69) is 44.4 Å². The summed E-state index contributed by atoms with van der Waals surface area (Å²) >= 11 is 0. The molecule has 0 bridgehead atoms. The van der Waals surface area contributed by atoms with Crippen LogP contribution in [0.15, 0.2) is 0 Å². The van der Waals surface area contributed by atoms with E-state index in [4.69, 9.17) is 0 Å². The van der Waals surface area contributed by atoms with E-state index in [1.165, 1.54) is 26.1 Å². The van der Waals surface area contributed by atoms with Crippen LogP contribution in [0.3, 0.4) is 0 Å². The molecule has 0 aromatic rings. The highest BCUT2D eigenvalue weighted by Gasteiger charge is 2.44. The summed E-state index contributed by atoms with van der Waals surface area (Å²) in [5.41, 5.74) is 0.354. The van der Waals surface area contributed by atoms with Crippen molar-refractivity contribution < 1.29 is 0 Å². The predicted molar refractivity (Wildman–Crippen MR) is 65.1 cm³/mol. The molecule has 2 nitrogen and oxygen atoms in total. The molecule has 88 valence electrons. The van der Waals surface area contributed by atoms with Gasteiger partial charge in [-0.2, -0.15) is 0 Å². The molecule has 2 atom stereocenters. The third kappa shape index (κ3) is 2.07. The number of hydrogen-bond acceptors (Lipinski definition) is 2. The molecule has 0 saturated carbocycles. The summed E-state index contributed by atoms with van der Waals surface area (Å²) < 4.78 is 0. The van der Waals surface area contributed by atoms with E-state index in [1.807, 2.05) is 0 Å². The Morgan fingerprint density at radius 2 is 1.80 bits per heavy atom. The van der Waals surface area contributed by atoms with Crippen LogP contribution in [0, 0.1) is 5.92 Å². The average Bonchev–Trinajstić information content (AvgIpc) is 2.56. The van der Waals surface area contributed by atoms with E-state index >= 15 is 0 Å². The highest BCUT2D eigenvalue weighted by Crippen LogP contribution is 2.35. The van der Waals surface area contributed by atoms with Gasteiger partial charge in [0, 0.05) is 30.7 Å². The molecule has 0 amide bonds. The van der Waals surface area contributed by atoms with Gasteiger partial charge in [0.05, 0.1) is 0 Å². The van der Waals surface area contributed by atoms with Gasteiger partial charge in [-0.15, -0.1) is 0 Å². The lowest BCUT2D eigenvalue weighted by Crippen LogP contribution is -2.44. The Balaban J connectivity index is 2.03. The molecule has 2 aliphatic rings. The average molecular weight is 210 g/mol. The molecule has 15 heavy (non-hydrogen) atoms. The number of hydrogen-bond donors (Lipinski definition) is 0. The van der Waals surface area contributed by atoms with Gasteiger partial charge in [-0.1, -0.05) is 0 Å². The Morgan fingerprint density at radius 3 is 2.33 bits per heavy atom. The van der Waals surface area contributed by atoms with Gasteiger partial charge < -0.3 is 0 Å². The first-order valence-electron chi connectivity index (χ1n) is 6.40. The van der Waals surface area contributed by atoms with Crippen LogP contribution in [0.2, 0.25) is 0 Å². The first-order chi connectivity index (χ1) is 6.89. The molecule has 2 heterocycles. The van der Waals surface area contributed by atoms with Crippen molar-refractivity contribution in [3.63, 3.8) is 0 Å². The van der Waals surface area contributed by atoms with Crippen LogP contribution in [-0.4, -0.2) is 47.1 Å². The molecular weight excluding hydrogens is 184 g/mol. The van der Waals surface area contributed by atoms with E-state index in [9.17, 15) is 0 Å². The SMILES string of the molecule is CC(C)N1CC[C@H]2CN(C(C)(C)C)C[C@H]21. The summed E-state index contributed by atoms with van der Waals surface area (Å²) in [6.07, 6.45) is 1.41. The lowest BCUT2D eigenvalue weighted by molar-refractivity contribution is 0.133. The van der Waals surface area contributed by atoms with Crippen LogP contribution in [0.5, 0.6) is 0 Å². The van der Waals surface area contributed by atoms with E-state index in [1.54, 1.807) is 0 Å². The Morgan fingerprint density at radius 1 is 1.13 bits per heavy atom. The van der Waals surface area contributed by atoms with Crippen molar-refractivity contribution in [2.24, 2.45) is 5.92 Å². The lowest BCUT2D eigenvalue weighted by atomic mass is 10.0. The van der Waals surface area contributed by atoms with Crippen molar-refractivity contribution in [1.29, 1.82) is 0 Å². The molecule has 2 rings (SSSR count). The number of fused-ring (bicyclic) bond motifs is 1. The summed E-state index contributed by atoms with van der Waals surface area (Å²) in [5.74, 6) is 0.937. The quantitative estimate of drug-likeness (QED) is 0.654. The van der Waals surface area contributed by atoms with Crippen LogP contribution >= 0.6 is 0 Å². The molecule has 2 aliphatic heterocycles. The second kappa shape index (κ2) is 3.74. The van der Waals surface area contributed by atoms with Gasteiger partial charge in [0.15, 0.2) is 0 Å². The molecule has 0 aromatic carbocycles. The first kappa shape index (κ1) is 11.4. The molecule has 0 N–H and O–H groups in total. The summed E-state index contributed by atoms with van der Waals surface area (Å²) in [6.45, 7) is 15.6. The summed E-state index contributed by atoms with van der Waals surface area (Å²) in [6, 6.07) is 1.56. The van der Waals surface area contributed by atoms with Crippen molar-refractivity contribution in [2.75, 3.05) is 19.6 Å². The predicted octanol–water partition coefficient (Wildman–Crippen LogP) is 2.20. The molecule has 0 spiro atoms. The maximum Gasteiger partial charge on any atom is 0.0266 e. The Labute approximate surface area is 94.6 Å². The van der Waals surface area contributed by atoms with E-state index in [-0.39, 0.29) is 0 Å². The molecule has 0 aliphatic carbocycles. The van der Waals surface area contributed by atoms with Crippen LogP contribution in [-0.2, 0) is 0 Å². The van der Waals surface area contributed by atoms with Crippen LogP contribution in [0.1, 0.15) is 41.0 Å². The fourth-order valence-corrected chi connectivity index (χ4v) is 3.18. The fraction of sp³-hybridized carbons (Fsp3) is 1.00. The monoisotopic (exact) mass is 210 g/mol. The second-order valence-corrected chi connectivity index (χ2v) is 6.52. The minimum atomic E-state index is 0.354. The van der Waals surface area contributed by atoms with Crippen molar-refractivity contribution >= 4 is 0 Å². The highest BCUT2D eigenvalue weighted by atomic mass is 15.3. The summed E-state index contributed by atoms with van der Waals surface area (Å²) in [5, 5.41) is 0. The zero-order valence-corrected chi connectivity index (χ0v) is 11.0. The number of nitrogens with zero attached hydrogens (tertiary/aromatic N) is 2. The lowest BCUT2D eigenvalue weighted by Gasteiger charge is -2.34. The second-order valence-electron chi connectivity index (χ2n) is 6.52. The normalized spacial score (nSPS) is 34.0. The van der Waals surface area contributed by atoms with Crippen molar-refractivity contribution in [1.82, 2.24) is 9.80 Å². The van der Waals surface area contributed by atoms with Crippen LogP contribution in [0.25, 0.3) is 0 Å². The molecule has 0 radical (unpaired) electrons. The van der Waals surface area contributed by atoms with Gasteiger partial charge in [-0.3, -0.25) is 9.80 Å². The van der Waals surface area contributed by atoms with Gasteiger partial charge in [0.2, 0.25) is 0 Å². The Hall–Kier alpha value is -0.0800. The van der Waals surface area contributed by atoms with Crippen LogP contribution < -0.4 is 0 Å². The molecule has 2 fully saturated rings. The van der Waals surface area contributed by atoms with Gasteiger partial charge >= 0.3 is 0 Å². The number of rotatable bonds is 1. The third-order valence-electron chi connectivity index (χ3n) is 4.20. The molecular formula is C13H26N2. The standard InChI is InChI=1S/C13H26N2/c1-10(2)15-7-6-11-8-14(9-12(11)15)13(3,4)5/h10-12H,6-9H2,1-5H3/t11-,12+/m0/s1. The first-order valence-corrected chi connectivity index (χ1v) is 6.40. The van der Waals surface area contributed by atoms with Gasteiger partial charge in [-0.25, -0.2) is 0 Å². The fourth-order valence-electron chi connectivity index (χ4n) is 3.18. The third-order valence-corrected chi connectivity index (χ3v) is 4.20. The topological polar surface area (TPSA) is 6.48 Å². The summed E-state index contributed by atoms with van der Waals surface area (Å²) in [7, 11) is 0. The highest BCUT2D eigenvalue weighted by molar-refractivity contribution is 4.99. The summed E-state index contributed by atoms with van der Waals surface area (Å²) in [4.78, 5) is 5.37. The van der Waals surface area contributed by atoms with E-state index in [0.717, 1.165) is 18.0 Å². The maximum atomic E-state index is 2.70. The van der Waals surface area contributed by atoms with Gasteiger partial charge in [0.25, 0.3) is 0 Å². The van der Waals surface area contributed by atoms with Gasteiger partial charge in [-0.05, 0) is 53.5 Å². The maximum absolute atomic E-state index is 2.70. The smallest absolute Gasteiger partial charge is 0.0266 e. The van der Waals surface area contributed by atoms with Crippen molar-refractivity contribution in [2.45, 2.75) is 58.7 Å². The molecule has 0 unspecified atom stereocenters. The van der Waals surface area contributed by atoms with Crippen LogP contribution in [0.4, 0.5) is 0 Å². The zero-order valence-electron chi connectivity index (χ0n) is 11.0. The molecule has 2 heteroatoms. The Bertz CT molecular complexity index is 229. The van der Waals surface area contributed by atoms with E-state index in [0.29, 0.717) is 5.54 Å². The molecule has 2 saturated heterocycles.